The van der Waals surface area contributed by atoms with E-state index in [2.05, 4.69) is 15.9 Å². The van der Waals surface area contributed by atoms with E-state index in [-0.39, 0.29) is 5.82 Å². The van der Waals surface area contributed by atoms with Crippen molar-refractivity contribution in [2.75, 3.05) is 0 Å². The molecule has 0 heterocycles. The number of alkyl halides is 1. The Morgan fingerprint density at radius 1 is 0.810 bits per heavy atom. The fourth-order valence-electron chi connectivity index (χ4n) is 2.39. The zero-order chi connectivity index (χ0) is 15.0. The third-order valence-electron chi connectivity index (χ3n) is 3.43. The maximum atomic E-state index is 14.2. The fourth-order valence-corrected chi connectivity index (χ4v) is 3.13. The molecule has 0 aliphatic rings. The third-order valence-corrected chi connectivity index (χ3v) is 4.51. The summed E-state index contributed by atoms with van der Waals surface area (Å²) in [4.78, 5) is 0. The lowest BCUT2D eigenvalue weighted by molar-refractivity contribution is 0.605. The molecule has 3 rings (SSSR count). The Kier molecular flexibility index (Phi) is 3.96. The van der Waals surface area contributed by atoms with Crippen LogP contribution in [-0.2, 0) is 0 Å². The van der Waals surface area contributed by atoms with Gasteiger partial charge in [0.15, 0.2) is 0 Å². The average Bonchev–Trinajstić information content (AvgIpc) is 2.50. The van der Waals surface area contributed by atoms with Crippen molar-refractivity contribution in [3.05, 3.63) is 81.8 Å². The monoisotopic (exact) mass is 366 g/mol. The summed E-state index contributed by atoms with van der Waals surface area (Å²) < 4.78 is 28.4. The van der Waals surface area contributed by atoms with Crippen LogP contribution < -0.4 is 0 Å². The molecule has 0 saturated heterocycles. The molecule has 0 aliphatic heterocycles. The lowest BCUT2D eigenvalue weighted by atomic mass is 9.97. The van der Waals surface area contributed by atoms with Gasteiger partial charge in [0.25, 0.3) is 0 Å². The van der Waals surface area contributed by atoms with Crippen LogP contribution in [0.3, 0.4) is 0 Å². The first kappa shape index (κ1) is 14.5. The van der Waals surface area contributed by atoms with Crippen LogP contribution in [0.1, 0.15) is 16.5 Å². The van der Waals surface area contributed by atoms with Crippen LogP contribution in [0.5, 0.6) is 0 Å². The molecule has 0 spiro atoms. The molecule has 1 atom stereocenters. The lowest BCUT2D eigenvalue weighted by Crippen LogP contribution is -1.99. The van der Waals surface area contributed by atoms with Gasteiger partial charge in [0, 0.05) is 10.9 Å². The number of rotatable bonds is 2. The molecule has 0 amide bonds. The zero-order valence-electron chi connectivity index (χ0n) is 10.8. The second-order valence-electron chi connectivity index (χ2n) is 4.69. The molecule has 0 aromatic heterocycles. The van der Waals surface area contributed by atoms with E-state index in [1.54, 1.807) is 42.5 Å². The Bertz CT molecular complexity index is 817. The minimum atomic E-state index is -0.687. The Morgan fingerprint density at radius 2 is 1.52 bits per heavy atom. The summed E-state index contributed by atoms with van der Waals surface area (Å²) in [5.74, 6) is -0.709. The third kappa shape index (κ3) is 2.56. The molecule has 0 nitrogen and oxygen atoms in total. The SMILES string of the molecule is Fc1c(Br)cccc1C(Cl)c1ccc(F)c2ccccc12. The van der Waals surface area contributed by atoms with Crippen LogP contribution in [0.15, 0.2) is 59.1 Å². The van der Waals surface area contributed by atoms with Gasteiger partial charge in [0.05, 0.1) is 9.85 Å². The van der Waals surface area contributed by atoms with E-state index in [1.165, 1.54) is 6.07 Å². The highest BCUT2D eigenvalue weighted by atomic mass is 79.9. The number of benzene rings is 3. The average molecular weight is 368 g/mol. The van der Waals surface area contributed by atoms with E-state index in [1.807, 2.05) is 6.07 Å². The molecule has 0 radical (unpaired) electrons. The minimum absolute atomic E-state index is 0.312. The molecule has 0 aliphatic carbocycles. The summed E-state index contributed by atoms with van der Waals surface area (Å²) in [6, 6.07) is 15.0. The summed E-state index contributed by atoms with van der Waals surface area (Å²) in [5, 5.41) is 0.487. The second kappa shape index (κ2) is 5.74. The van der Waals surface area contributed by atoms with Gasteiger partial charge < -0.3 is 0 Å². The first-order chi connectivity index (χ1) is 10.1. The van der Waals surface area contributed by atoms with Gasteiger partial charge in [-0.15, -0.1) is 11.6 Å². The smallest absolute Gasteiger partial charge is 0.142 e. The van der Waals surface area contributed by atoms with E-state index in [9.17, 15) is 8.78 Å². The number of hydrogen-bond donors (Lipinski definition) is 0. The fraction of sp³-hybridized carbons (Fsp3) is 0.0588. The Labute approximate surface area is 134 Å². The molecule has 0 fully saturated rings. The van der Waals surface area contributed by atoms with Gasteiger partial charge in [-0.3, -0.25) is 0 Å². The number of halogens is 4. The first-order valence-electron chi connectivity index (χ1n) is 6.34. The standard InChI is InChI=1S/C17H10BrClF2/c18-14-7-3-6-13(17(14)21)16(19)12-8-9-15(20)11-5-2-1-4-10(11)12/h1-9,16H. The van der Waals surface area contributed by atoms with Crippen molar-refractivity contribution in [1.82, 2.24) is 0 Å². The van der Waals surface area contributed by atoms with Gasteiger partial charge in [-0.1, -0.05) is 42.5 Å². The molecular formula is C17H10BrClF2. The van der Waals surface area contributed by atoms with Crippen molar-refractivity contribution in [2.24, 2.45) is 0 Å². The van der Waals surface area contributed by atoms with Crippen LogP contribution in [0.25, 0.3) is 10.8 Å². The largest absolute Gasteiger partial charge is 0.206 e. The van der Waals surface area contributed by atoms with Crippen LogP contribution in [0.4, 0.5) is 8.78 Å². The molecule has 3 aromatic carbocycles. The van der Waals surface area contributed by atoms with Crippen LogP contribution in [0, 0.1) is 11.6 Å². The number of fused-ring (bicyclic) bond motifs is 1. The van der Waals surface area contributed by atoms with Gasteiger partial charge in [0.1, 0.15) is 11.6 Å². The maximum Gasteiger partial charge on any atom is 0.142 e. The molecule has 106 valence electrons. The normalized spacial score (nSPS) is 12.6. The number of hydrogen-bond acceptors (Lipinski definition) is 0. The van der Waals surface area contributed by atoms with Gasteiger partial charge in [-0.05, 0) is 39.0 Å². The van der Waals surface area contributed by atoms with E-state index >= 15 is 0 Å². The molecule has 0 bridgehead atoms. The summed E-state index contributed by atoms with van der Waals surface area (Å²) in [6.07, 6.45) is 0. The van der Waals surface area contributed by atoms with Crippen LogP contribution >= 0.6 is 27.5 Å². The molecule has 21 heavy (non-hydrogen) atoms. The van der Waals surface area contributed by atoms with Gasteiger partial charge in [0.2, 0.25) is 0 Å². The summed E-state index contributed by atoms with van der Waals surface area (Å²) in [5.41, 5.74) is 1.05. The van der Waals surface area contributed by atoms with Crippen molar-refractivity contribution in [2.45, 2.75) is 5.38 Å². The molecular weight excluding hydrogens is 358 g/mol. The Hall–Kier alpha value is -1.45. The Balaban J connectivity index is 2.21. The highest BCUT2D eigenvalue weighted by Gasteiger charge is 2.19. The summed E-state index contributed by atoms with van der Waals surface area (Å²) >= 11 is 9.61. The van der Waals surface area contributed by atoms with E-state index in [4.69, 9.17) is 11.6 Å². The molecule has 0 saturated carbocycles. The molecule has 4 heteroatoms. The topological polar surface area (TPSA) is 0 Å². The molecule has 0 N–H and O–H groups in total. The van der Waals surface area contributed by atoms with Crippen molar-refractivity contribution in [3.8, 4) is 0 Å². The zero-order valence-corrected chi connectivity index (χ0v) is 13.1. The van der Waals surface area contributed by atoms with E-state index < -0.39 is 11.2 Å². The Morgan fingerprint density at radius 3 is 2.29 bits per heavy atom. The molecule has 3 aromatic rings. The predicted octanol–water partition coefficient (Wildman–Crippen LogP) is 6.21. The van der Waals surface area contributed by atoms with Gasteiger partial charge in [-0.25, -0.2) is 8.78 Å². The summed E-state index contributed by atoms with van der Waals surface area (Å²) in [7, 11) is 0. The quantitative estimate of drug-likeness (QED) is 0.472. The first-order valence-corrected chi connectivity index (χ1v) is 7.57. The summed E-state index contributed by atoms with van der Waals surface area (Å²) in [6.45, 7) is 0. The van der Waals surface area contributed by atoms with Crippen LogP contribution in [-0.4, -0.2) is 0 Å². The van der Waals surface area contributed by atoms with Crippen molar-refractivity contribution in [1.29, 1.82) is 0 Å². The van der Waals surface area contributed by atoms with Crippen LogP contribution in [0.2, 0.25) is 0 Å². The van der Waals surface area contributed by atoms with Gasteiger partial charge >= 0.3 is 0 Å². The maximum absolute atomic E-state index is 14.2. The second-order valence-corrected chi connectivity index (χ2v) is 5.98. The van der Waals surface area contributed by atoms with Gasteiger partial charge in [-0.2, -0.15) is 0 Å². The lowest BCUT2D eigenvalue weighted by Gasteiger charge is -2.15. The van der Waals surface area contributed by atoms with Crippen molar-refractivity contribution >= 4 is 38.3 Å². The van der Waals surface area contributed by atoms with Crippen molar-refractivity contribution in [3.63, 3.8) is 0 Å². The van der Waals surface area contributed by atoms with E-state index in [0.717, 1.165) is 0 Å². The highest BCUT2D eigenvalue weighted by molar-refractivity contribution is 9.10. The van der Waals surface area contributed by atoms with E-state index in [0.29, 0.717) is 26.4 Å². The predicted molar refractivity (Wildman–Crippen MR) is 85.7 cm³/mol. The molecule has 1 unspecified atom stereocenters. The highest BCUT2D eigenvalue weighted by Crippen LogP contribution is 2.37. The minimum Gasteiger partial charge on any atom is -0.206 e. The van der Waals surface area contributed by atoms with Crippen molar-refractivity contribution < 1.29 is 8.78 Å².